The molecule has 1 aromatic rings. The minimum atomic E-state index is -2.91. The van der Waals surface area contributed by atoms with Crippen molar-refractivity contribution in [3.63, 3.8) is 0 Å². The number of hydrogen-bond acceptors (Lipinski definition) is 5. The van der Waals surface area contributed by atoms with Gasteiger partial charge in [0.2, 0.25) is 0 Å². The fourth-order valence-electron chi connectivity index (χ4n) is 2.17. The van der Waals surface area contributed by atoms with Crippen LogP contribution in [0, 0.1) is 0 Å². The maximum Gasteiger partial charge on any atom is 0.180 e. The minimum Gasteiger partial charge on any atom is -0.493 e. The van der Waals surface area contributed by atoms with Crippen molar-refractivity contribution in [1.82, 2.24) is 4.90 Å². The lowest BCUT2D eigenvalue weighted by Gasteiger charge is -2.25. The molecule has 0 unspecified atom stereocenters. The molecule has 1 aliphatic heterocycles. The van der Waals surface area contributed by atoms with Crippen molar-refractivity contribution in [3.05, 3.63) is 29.8 Å². The number of nitrogens with zero attached hydrogens (tertiary/aromatic N) is 1. The molecular weight excluding hydrogens is 278 g/mol. The summed E-state index contributed by atoms with van der Waals surface area (Å²) in [5.74, 6) is 0.818. The topological polar surface area (TPSA) is 63.7 Å². The van der Waals surface area contributed by atoms with E-state index in [2.05, 4.69) is 0 Å². The monoisotopic (exact) mass is 297 g/mol. The maximum absolute atomic E-state index is 12.3. The van der Waals surface area contributed by atoms with E-state index in [1.807, 2.05) is 17.9 Å². The molecule has 0 radical (unpaired) electrons. The van der Waals surface area contributed by atoms with E-state index in [0.717, 1.165) is 0 Å². The van der Waals surface area contributed by atoms with Crippen LogP contribution in [0.3, 0.4) is 0 Å². The van der Waals surface area contributed by atoms with Crippen LogP contribution >= 0.6 is 0 Å². The number of ketones is 1. The zero-order valence-corrected chi connectivity index (χ0v) is 12.4. The molecule has 6 heteroatoms. The van der Waals surface area contributed by atoms with E-state index in [1.165, 1.54) is 0 Å². The quantitative estimate of drug-likeness (QED) is 0.759. The highest BCUT2D eigenvalue weighted by molar-refractivity contribution is 7.91. The van der Waals surface area contributed by atoms with Crippen molar-refractivity contribution in [3.8, 4) is 5.75 Å². The molecule has 0 spiro atoms. The SMILES string of the molecule is CCOc1ccccc1C(=O)CN1CCS(=O)(=O)CC1. The molecular formula is C14H19NO4S. The number of rotatable bonds is 5. The Labute approximate surface area is 119 Å². The van der Waals surface area contributed by atoms with Gasteiger partial charge in [0.05, 0.1) is 30.2 Å². The summed E-state index contributed by atoms with van der Waals surface area (Å²) in [7, 11) is -2.91. The predicted octanol–water partition coefficient (Wildman–Crippen LogP) is 0.998. The largest absolute Gasteiger partial charge is 0.493 e. The van der Waals surface area contributed by atoms with E-state index in [4.69, 9.17) is 4.74 Å². The molecule has 1 saturated heterocycles. The van der Waals surface area contributed by atoms with Crippen LogP contribution < -0.4 is 4.74 Å². The Bertz CT molecular complexity index is 569. The number of sulfone groups is 1. The van der Waals surface area contributed by atoms with E-state index in [0.29, 0.717) is 31.0 Å². The van der Waals surface area contributed by atoms with Crippen molar-refractivity contribution < 1.29 is 17.9 Å². The fraction of sp³-hybridized carbons (Fsp3) is 0.500. The molecule has 0 atom stereocenters. The van der Waals surface area contributed by atoms with Crippen LogP contribution in [0.2, 0.25) is 0 Å². The Morgan fingerprint density at radius 3 is 2.55 bits per heavy atom. The molecule has 0 N–H and O–H groups in total. The van der Waals surface area contributed by atoms with Crippen LogP contribution in [-0.4, -0.2) is 56.8 Å². The fourth-order valence-corrected chi connectivity index (χ4v) is 3.45. The zero-order chi connectivity index (χ0) is 14.6. The van der Waals surface area contributed by atoms with E-state index in [1.54, 1.807) is 18.2 Å². The van der Waals surface area contributed by atoms with Gasteiger partial charge in [-0.1, -0.05) is 12.1 Å². The Morgan fingerprint density at radius 1 is 1.25 bits per heavy atom. The van der Waals surface area contributed by atoms with Crippen LogP contribution in [0.1, 0.15) is 17.3 Å². The highest BCUT2D eigenvalue weighted by atomic mass is 32.2. The summed E-state index contributed by atoms with van der Waals surface area (Å²) in [6, 6.07) is 7.15. The summed E-state index contributed by atoms with van der Waals surface area (Å²) in [5, 5.41) is 0. The lowest BCUT2D eigenvalue weighted by atomic mass is 10.1. The number of carbonyl (C=O) groups is 1. The average Bonchev–Trinajstić information content (AvgIpc) is 2.42. The Morgan fingerprint density at radius 2 is 1.90 bits per heavy atom. The van der Waals surface area contributed by atoms with Crippen molar-refractivity contribution >= 4 is 15.6 Å². The standard InChI is InChI=1S/C14H19NO4S/c1-2-19-14-6-4-3-5-12(14)13(16)11-15-7-9-20(17,18)10-8-15/h3-6H,2,7-11H2,1H3. The lowest BCUT2D eigenvalue weighted by Crippen LogP contribution is -2.42. The number of Topliss-reactive ketones (excluding diaryl/α,β-unsaturated/α-hetero) is 1. The van der Waals surface area contributed by atoms with Gasteiger partial charge in [-0.05, 0) is 19.1 Å². The number of carbonyl (C=O) groups excluding carboxylic acids is 1. The third kappa shape index (κ3) is 3.80. The van der Waals surface area contributed by atoms with Crippen molar-refractivity contribution in [1.29, 1.82) is 0 Å². The first-order chi connectivity index (χ1) is 9.52. The summed E-state index contributed by atoms with van der Waals surface area (Å²) in [6.45, 7) is 3.46. The minimum absolute atomic E-state index is 0.0339. The lowest BCUT2D eigenvalue weighted by molar-refractivity contribution is 0.0932. The Hall–Kier alpha value is -1.40. The number of benzene rings is 1. The van der Waals surface area contributed by atoms with Crippen molar-refractivity contribution in [2.45, 2.75) is 6.92 Å². The summed E-state index contributed by atoms with van der Waals surface area (Å²) in [6.07, 6.45) is 0. The Balaban J connectivity index is 2.02. The highest BCUT2D eigenvalue weighted by Gasteiger charge is 2.24. The first kappa shape index (κ1) is 15.0. The molecule has 110 valence electrons. The van der Waals surface area contributed by atoms with Crippen LogP contribution in [0.5, 0.6) is 5.75 Å². The van der Waals surface area contributed by atoms with Crippen LogP contribution in [0.15, 0.2) is 24.3 Å². The molecule has 0 saturated carbocycles. The smallest absolute Gasteiger partial charge is 0.180 e. The van der Waals surface area contributed by atoms with Gasteiger partial charge in [0.15, 0.2) is 15.6 Å². The second kappa shape index (κ2) is 6.37. The van der Waals surface area contributed by atoms with Gasteiger partial charge in [-0.2, -0.15) is 0 Å². The molecule has 0 aromatic heterocycles. The third-order valence-corrected chi connectivity index (χ3v) is 4.90. The van der Waals surface area contributed by atoms with E-state index in [9.17, 15) is 13.2 Å². The van der Waals surface area contributed by atoms with Crippen LogP contribution in [-0.2, 0) is 9.84 Å². The van der Waals surface area contributed by atoms with Gasteiger partial charge in [-0.15, -0.1) is 0 Å². The predicted molar refractivity (Wildman–Crippen MR) is 77.0 cm³/mol. The number of ether oxygens (including phenoxy) is 1. The molecule has 1 fully saturated rings. The van der Waals surface area contributed by atoms with Crippen molar-refractivity contribution in [2.75, 3.05) is 37.7 Å². The van der Waals surface area contributed by atoms with E-state index >= 15 is 0 Å². The maximum atomic E-state index is 12.3. The summed E-state index contributed by atoms with van der Waals surface area (Å²) in [4.78, 5) is 14.2. The van der Waals surface area contributed by atoms with Gasteiger partial charge >= 0.3 is 0 Å². The van der Waals surface area contributed by atoms with Gasteiger partial charge < -0.3 is 4.74 Å². The summed E-state index contributed by atoms with van der Waals surface area (Å²) >= 11 is 0. The van der Waals surface area contributed by atoms with Gasteiger partial charge in [0.25, 0.3) is 0 Å². The summed E-state index contributed by atoms with van der Waals surface area (Å²) < 4.78 is 28.2. The zero-order valence-electron chi connectivity index (χ0n) is 11.5. The second-order valence-corrected chi connectivity index (χ2v) is 7.08. The van der Waals surface area contributed by atoms with E-state index < -0.39 is 9.84 Å². The number of para-hydroxylation sites is 1. The Kier molecular flexibility index (Phi) is 4.77. The van der Waals surface area contributed by atoms with Gasteiger partial charge in [0, 0.05) is 13.1 Å². The number of hydrogen-bond donors (Lipinski definition) is 0. The van der Waals surface area contributed by atoms with Crippen LogP contribution in [0.4, 0.5) is 0 Å². The highest BCUT2D eigenvalue weighted by Crippen LogP contribution is 2.19. The summed E-state index contributed by atoms with van der Waals surface area (Å²) in [5.41, 5.74) is 0.558. The molecule has 2 rings (SSSR count). The molecule has 0 aliphatic carbocycles. The van der Waals surface area contributed by atoms with Crippen LogP contribution in [0.25, 0.3) is 0 Å². The third-order valence-electron chi connectivity index (χ3n) is 3.29. The molecule has 20 heavy (non-hydrogen) atoms. The normalized spacial score (nSPS) is 18.6. The first-order valence-corrected chi connectivity index (χ1v) is 8.52. The first-order valence-electron chi connectivity index (χ1n) is 6.69. The van der Waals surface area contributed by atoms with Gasteiger partial charge in [0.1, 0.15) is 5.75 Å². The molecule has 0 bridgehead atoms. The van der Waals surface area contributed by atoms with Gasteiger partial charge in [-0.25, -0.2) is 8.42 Å². The second-order valence-electron chi connectivity index (χ2n) is 4.78. The molecule has 1 aliphatic rings. The van der Waals surface area contributed by atoms with Crippen molar-refractivity contribution in [2.24, 2.45) is 0 Å². The molecule has 1 heterocycles. The van der Waals surface area contributed by atoms with Gasteiger partial charge in [-0.3, -0.25) is 9.69 Å². The van der Waals surface area contributed by atoms with E-state index in [-0.39, 0.29) is 23.8 Å². The molecule has 1 aromatic carbocycles. The molecule has 5 nitrogen and oxygen atoms in total. The average molecular weight is 297 g/mol. The molecule has 0 amide bonds.